The Bertz CT molecular complexity index is 1330. The highest BCUT2D eigenvalue weighted by Crippen LogP contribution is 2.57. The first-order chi connectivity index (χ1) is 16.5. The van der Waals surface area contributed by atoms with Crippen molar-refractivity contribution in [1.82, 2.24) is 5.32 Å². The van der Waals surface area contributed by atoms with Crippen LogP contribution in [-0.2, 0) is 21.4 Å². The van der Waals surface area contributed by atoms with E-state index in [9.17, 15) is 24.6 Å². The predicted molar refractivity (Wildman–Crippen MR) is 128 cm³/mol. The largest absolute Gasteiger partial charge is 0.507 e. The lowest BCUT2D eigenvalue weighted by Gasteiger charge is -2.29. The second-order valence-corrected chi connectivity index (χ2v) is 8.91. The smallest absolute Gasteiger partial charge is 0.194 e. The molecule has 0 radical (unpaired) electrons. The number of allylic oxidation sites excluding steroid dienone is 4. The minimum atomic E-state index is -1.52. The topological polar surface area (TPSA) is 122 Å². The number of ketones is 3. The molecule has 0 saturated heterocycles. The molecule has 1 aliphatic carbocycles. The number of ether oxygens (including phenoxy) is 2. The number of phenols is 2. The van der Waals surface area contributed by atoms with E-state index in [0.717, 1.165) is 11.3 Å². The van der Waals surface area contributed by atoms with E-state index >= 15 is 0 Å². The summed E-state index contributed by atoms with van der Waals surface area (Å²) >= 11 is 0. The fourth-order valence-electron chi connectivity index (χ4n) is 4.64. The molecule has 8 heteroatoms. The number of phenolic OH excluding ortho intramolecular Hbond substituents is 2. The Kier molecular flexibility index (Phi) is 5.92. The van der Waals surface area contributed by atoms with Gasteiger partial charge < -0.3 is 25.0 Å². The Balaban J connectivity index is 1.70. The average molecular weight is 478 g/mol. The van der Waals surface area contributed by atoms with Gasteiger partial charge in [0.1, 0.15) is 39.7 Å². The van der Waals surface area contributed by atoms with Crippen molar-refractivity contribution in [2.24, 2.45) is 0 Å². The third-order valence-electron chi connectivity index (χ3n) is 6.72. The van der Waals surface area contributed by atoms with Crippen molar-refractivity contribution in [3.63, 3.8) is 0 Å². The van der Waals surface area contributed by atoms with Crippen LogP contribution in [0.25, 0.3) is 0 Å². The number of aromatic hydroxyl groups is 2. The van der Waals surface area contributed by atoms with E-state index in [-0.39, 0.29) is 39.5 Å². The number of fused-ring (bicyclic) bond motifs is 3. The Morgan fingerprint density at radius 1 is 1.11 bits per heavy atom. The van der Waals surface area contributed by atoms with E-state index in [1.54, 1.807) is 21.0 Å². The summed E-state index contributed by atoms with van der Waals surface area (Å²) in [6, 6.07) is 7.61. The second kappa shape index (κ2) is 8.61. The maximum atomic E-state index is 13.8. The summed E-state index contributed by atoms with van der Waals surface area (Å²) < 4.78 is 10.9. The zero-order valence-corrected chi connectivity index (χ0v) is 20.2. The van der Waals surface area contributed by atoms with Gasteiger partial charge in [-0.25, -0.2) is 0 Å². The number of hydrogen-bond acceptors (Lipinski definition) is 8. The van der Waals surface area contributed by atoms with E-state index in [0.29, 0.717) is 18.7 Å². The van der Waals surface area contributed by atoms with Crippen molar-refractivity contribution in [2.45, 2.75) is 39.5 Å². The third kappa shape index (κ3) is 3.65. The molecule has 2 aromatic carbocycles. The zero-order chi connectivity index (χ0) is 25.7. The predicted octanol–water partition coefficient (Wildman–Crippen LogP) is 3.41. The van der Waals surface area contributed by atoms with Crippen molar-refractivity contribution in [2.75, 3.05) is 13.7 Å². The maximum Gasteiger partial charge on any atom is 0.194 e. The van der Waals surface area contributed by atoms with E-state index in [4.69, 9.17) is 9.47 Å². The number of carbonyl (C=O) groups excluding carboxylic acids is 3. The molecule has 0 aromatic heterocycles. The van der Waals surface area contributed by atoms with Gasteiger partial charge in [-0.1, -0.05) is 12.1 Å². The quantitative estimate of drug-likeness (QED) is 0.329. The SMILES string of the molecule is COc1ccc(CCN/C(C)=C2\C(=O)C=C3Oc4c(C(C)=O)c(O)c(C)c(O)c4[C@@]3(C)C2=O)cc1. The molecule has 0 amide bonds. The first-order valence-electron chi connectivity index (χ1n) is 11.2. The first kappa shape index (κ1) is 24.1. The standard InChI is InChI=1S/C27H27NO7/c1-13-23(31)21(15(3)29)25-22(24(13)32)27(4)19(35-25)12-18(30)20(26(27)33)14(2)28-11-10-16-6-8-17(34-5)9-7-16/h6-9,12,28,31-32H,10-11H2,1-5H3/b20-14+/t27-/m0/s1. The molecule has 1 aliphatic heterocycles. The number of nitrogens with one attached hydrogen (secondary N) is 1. The molecule has 0 bridgehead atoms. The number of carbonyl (C=O) groups is 3. The van der Waals surface area contributed by atoms with Crippen LogP contribution in [0.1, 0.15) is 47.8 Å². The van der Waals surface area contributed by atoms with Crippen molar-refractivity contribution in [1.29, 1.82) is 0 Å². The fraction of sp³-hybridized carbons (Fsp3) is 0.296. The number of hydrogen-bond donors (Lipinski definition) is 3. The van der Waals surface area contributed by atoms with Crippen molar-refractivity contribution in [3.8, 4) is 23.0 Å². The van der Waals surface area contributed by atoms with Gasteiger partial charge in [-0.15, -0.1) is 0 Å². The van der Waals surface area contributed by atoms with E-state index < -0.39 is 28.5 Å². The maximum absolute atomic E-state index is 13.8. The Morgan fingerprint density at radius 3 is 2.37 bits per heavy atom. The molecule has 35 heavy (non-hydrogen) atoms. The van der Waals surface area contributed by atoms with Gasteiger partial charge in [-0.3, -0.25) is 14.4 Å². The van der Waals surface area contributed by atoms with Crippen molar-refractivity contribution >= 4 is 17.3 Å². The first-order valence-corrected chi connectivity index (χ1v) is 11.2. The Labute approximate surface area is 202 Å². The molecule has 0 unspecified atom stereocenters. The van der Waals surface area contributed by atoms with E-state index in [1.165, 1.54) is 19.9 Å². The molecule has 4 rings (SSSR count). The third-order valence-corrected chi connectivity index (χ3v) is 6.72. The summed E-state index contributed by atoms with van der Waals surface area (Å²) in [5.41, 5.74) is -0.106. The molecule has 1 heterocycles. The van der Waals surface area contributed by atoms with Crippen LogP contribution in [0, 0.1) is 6.92 Å². The molecular formula is C27H27NO7. The molecule has 2 aliphatic rings. The second-order valence-electron chi connectivity index (χ2n) is 8.91. The van der Waals surface area contributed by atoms with Crippen LogP contribution in [0.3, 0.4) is 0 Å². The van der Waals surface area contributed by atoms with Crippen LogP contribution in [-0.4, -0.2) is 41.2 Å². The van der Waals surface area contributed by atoms with Gasteiger partial charge in [0.15, 0.2) is 17.3 Å². The lowest BCUT2D eigenvalue weighted by Crippen LogP contribution is -2.41. The van der Waals surface area contributed by atoms with Gasteiger partial charge in [0.25, 0.3) is 0 Å². The summed E-state index contributed by atoms with van der Waals surface area (Å²) in [7, 11) is 1.60. The minimum absolute atomic E-state index is 0.0140. The number of benzene rings is 2. The zero-order valence-electron chi connectivity index (χ0n) is 20.2. The lowest BCUT2D eigenvalue weighted by atomic mass is 9.70. The molecular weight excluding hydrogens is 450 g/mol. The van der Waals surface area contributed by atoms with Crippen LogP contribution in [0.15, 0.2) is 47.4 Å². The molecule has 0 spiro atoms. The minimum Gasteiger partial charge on any atom is -0.507 e. The average Bonchev–Trinajstić information content (AvgIpc) is 3.11. The van der Waals surface area contributed by atoms with Crippen LogP contribution >= 0.6 is 0 Å². The highest BCUT2D eigenvalue weighted by atomic mass is 16.5. The van der Waals surface area contributed by atoms with Crippen molar-refractivity contribution < 1.29 is 34.1 Å². The van der Waals surface area contributed by atoms with Gasteiger partial charge in [0.2, 0.25) is 0 Å². The molecule has 3 N–H and O–H groups in total. The normalized spacial score (nSPS) is 20.0. The van der Waals surface area contributed by atoms with Crippen LogP contribution in [0.4, 0.5) is 0 Å². The van der Waals surface area contributed by atoms with Crippen LogP contribution < -0.4 is 14.8 Å². The van der Waals surface area contributed by atoms with Gasteiger partial charge in [0.05, 0.1) is 18.2 Å². The molecule has 1 atom stereocenters. The van der Waals surface area contributed by atoms with E-state index in [1.807, 2.05) is 24.3 Å². The molecule has 182 valence electrons. The molecule has 0 fully saturated rings. The summed E-state index contributed by atoms with van der Waals surface area (Å²) in [6.45, 7) is 6.38. The van der Waals surface area contributed by atoms with Gasteiger partial charge >= 0.3 is 0 Å². The lowest BCUT2D eigenvalue weighted by molar-refractivity contribution is -0.123. The Hall–Kier alpha value is -4.07. The van der Waals surface area contributed by atoms with Gasteiger partial charge in [-0.2, -0.15) is 0 Å². The van der Waals surface area contributed by atoms with E-state index in [2.05, 4.69) is 5.32 Å². The van der Waals surface area contributed by atoms with Crippen LogP contribution in [0.2, 0.25) is 0 Å². The monoisotopic (exact) mass is 477 g/mol. The summed E-state index contributed by atoms with van der Waals surface area (Å²) in [5.74, 6) is -1.66. The van der Waals surface area contributed by atoms with Crippen molar-refractivity contribution in [3.05, 3.63) is 69.6 Å². The number of methoxy groups -OCH3 is 1. The van der Waals surface area contributed by atoms with Gasteiger partial charge in [0, 0.05) is 23.9 Å². The number of rotatable bonds is 6. The highest BCUT2D eigenvalue weighted by molar-refractivity contribution is 6.31. The highest BCUT2D eigenvalue weighted by Gasteiger charge is 2.56. The molecule has 8 nitrogen and oxygen atoms in total. The fourth-order valence-corrected chi connectivity index (χ4v) is 4.64. The summed E-state index contributed by atoms with van der Waals surface area (Å²) in [5, 5.41) is 24.5. The van der Waals surface area contributed by atoms with Gasteiger partial charge in [-0.05, 0) is 51.8 Å². The number of Topliss-reactive ketones (excluding diaryl/α,β-unsaturated/α-hetero) is 2. The van der Waals surface area contributed by atoms with Crippen LogP contribution in [0.5, 0.6) is 23.0 Å². The molecule has 0 saturated carbocycles. The summed E-state index contributed by atoms with van der Waals surface area (Å²) in [4.78, 5) is 39.0. The Morgan fingerprint density at radius 2 is 1.77 bits per heavy atom. The molecule has 2 aromatic rings. The summed E-state index contributed by atoms with van der Waals surface area (Å²) in [6.07, 6.45) is 1.86.